The van der Waals surface area contributed by atoms with Gasteiger partial charge in [0, 0.05) is 0 Å². The molecule has 0 saturated carbocycles. The molecular weight excluding hydrogens is 496 g/mol. The molecular formula is C36H42O4. The minimum Gasteiger partial charge on any atom is -0.478 e. The van der Waals surface area contributed by atoms with Crippen LogP contribution in [0.4, 0.5) is 0 Å². The molecule has 3 aromatic carbocycles. The van der Waals surface area contributed by atoms with Crippen molar-refractivity contribution >= 4 is 11.9 Å². The number of hydrogen-bond donors (Lipinski definition) is 1. The number of esters is 1. The molecule has 0 bridgehead atoms. The van der Waals surface area contributed by atoms with Crippen LogP contribution in [0.25, 0.3) is 0 Å². The van der Waals surface area contributed by atoms with Crippen molar-refractivity contribution in [1.82, 2.24) is 0 Å². The van der Waals surface area contributed by atoms with E-state index in [9.17, 15) is 14.7 Å². The topological polar surface area (TPSA) is 63.6 Å². The number of rotatable bonds is 8. The number of ether oxygens (including phenoxy) is 1. The van der Waals surface area contributed by atoms with E-state index in [-0.39, 0.29) is 16.4 Å². The van der Waals surface area contributed by atoms with Crippen LogP contribution in [-0.4, -0.2) is 17.0 Å². The van der Waals surface area contributed by atoms with Gasteiger partial charge in [-0.1, -0.05) is 95.6 Å². The summed E-state index contributed by atoms with van der Waals surface area (Å²) in [5.41, 5.74) is 7.46. The molecule has 0 aliphatic heterocycles. The molecule has 0 unspecified atom stereocenters. The van der Waals surface area contributed by atoms with E-state index in [1.807, 2.05) is 19.9 Å². The molecule has 3 rings (SSSR count). The van der Waals surface area contributed by atoms with Crippen molar-refractivity contribution in [3.8, 4) is 0 Å². The smallest absolute Gasteiger partial charge is 0.343 e. The van der Waals surface area contributed by atoms with Crippen molar-refractivity contribution in [2.75, 3.05) is 0 Å². The lowest BCUT2D eigenvalue weighted by molar-refractivity contribution is 0.0629. The molecule has 0 heterocycles. The molecule has 1 N–H and O–H groups in total. The zero-order valence-corrected chi connectivity index (χ0v) is 25.1. The SMILES string of the molecule is CC(=CC(OC(=O)c1ccc(C(=O)O)cc1)=C(C)Cc1ccc(C(C)(C)C)cc1)Cc1ccc(C(C)(C)C)cc1. The minimum absolute atomic E-state index is 0.0746. The second kappa shape index (κ2) is 12.5. The number of carboxylic acids is 1. The first-order valence-electron chi connectivity index (χ1n) is 13.7. The second-order valence-electron chi connectivity index (χ2n) is 12.7. The fourth-order valence-electron chi connectivity index (χ4n) is 4.38. The van der Waals surface area contributed by atoms with E-state index in [0.29, 0.717) is 17.7 Å². The van der Waals surface area contributed by atoms with Crippen LogP contribution in [-0.2, 0) is 28.4 Å². The first kappa shape index (κ1) is 30.6. The van der Waals surface area contributed by atoms with Crippen LogP contribution in [0.5, 0.6) is 0 Å². The molecule has 0 aliphatic rings. The van der Waals surface area contributed by atoms with Gasteiger partial charge in [-0.15, -0.1) is 0 Å². The van der Waals surface area contributed by atoms with Crippen molar-refractivity contribution in [2.24, 2.45) is 0 Å². The Bertz CT molecular complexity index is 1390. The molecule has 3 aromatic rings. The molecule has 210 valence electrons. The highest BCUT2D eigenvalue weighted by molar-refractivity contribution is 5.93. The summed E-state index contributed by atoms with van der Waals surface area (Å²) < 4.78 is 5.94. The number of aromatic carboxylic acids is 1. The Morgan fingerprint density at radius 3 is 1.52 bits per heavy atom. The molecule has 0 radical (unpaired) electrons. The maximum atomic E-state index is 13.1. The van der Waals surface area contributed by atoms with Crippen LogP contribution < -0.4 is 0 Å². The average molecular weight is 539 g/mol. The third-order valence-electron chi connectivity index (χ3n) is 6.96. The van der Waals surface area contributed by atoms with Crippen LogP contribution >= 0.6 is 0 Å². The lowest BCUT2D eigenvalue weighted by Gasteiger charge is -2.19. The lowest BCUT2D eigenvalue weighted by Crippen LogP contribution is -2.11. The number of carbonyl (C=O) groups is 2. The summed E-state index contributed by atoms with van der Waals surface area (Å²) in [6, 6.07) is 23.0. The van der Waals surface area contributed by atoms with E-state index in [1.165, 1.54) is 41.0 Å². The average Bonchev–Trinajstić information content (AvgIpc) is 2.87. The van der Waals surface area contributed by atoms with Gasteiger partial charge in [0.1, 0.15) is 5.76 Å². The van der Waals surface area contributed by atoms with Crippen molar-refractivity contribution < 1.29 is 19.4 Å². The summed E-state index contributed by atoms with van der Waals surface area (Å²) in [6.45, 7) is 17.2. The Balaban J connectivity index is 1.90. The van der Waals surface area contributed by atoms with Crippen molar-refractivity contribution in [2.45, 2.75) is 79.1 Å². The van der Waals surface area contributed by atoms with E-state index in [0.717, 1.165) is 23.1 Å². The monoisotopic (exact) mass is 538 g/mol. The largest absolute Gasteiger partial charge is 0.478 e. The van der Waals surface area contributed by atoms with Crippen molar-refractivity contribution in [3.63, 3.8) is 0 Å². The highest BCUT2D eigenvalue weighted by Crippen LogP contribution is 2.25. The van der Waals surface area contributed by atoms with Gasteiger partial charge in [0.25, 0.3) is 0 Å². The van der Waals surface area contributed by atoms with Gasteiger partial charge in [-0.05, 0) is 95.7 Å². The van der Waals surface area contributed by atoms with E-state index in [4.69, 9.17) is 4.74 Å². The highest BCUT2D eigenvalue weighted by atomic mass is 16.5. The lowest BCUT2D eigenvalue weighted by atomic mass is 9.86. The molecule has 4 heteroatoms. The molecule has 0 fully saturated rings. The van der Waals surface area contributed by atoms with Crippen LogP contribution in [0.1, 0.15) is 98.4 Å². The molecule has 0 aliphatic carbocycles. The van der Waals surface area contributed by atoms with E-state index in [2.05, 4.69) is 90.1 Å². The Labute approximate surface area is 239 Å². The van der Waals surface area contributed by atoms with Gasteiger partial charge in [-0.2, -0.15) is 0 Å². The van der Waals surface area contributed by atoms with Gasteiger partial charge < -0.3 is 9.84 Å². The van der Waals surface area contributed by atoms with Gasteiger partial charge >= 0.3 is 11.9 Å². The third-order valence-corrected chi connectivity index (χ3v) is 6.96. The minimum atomic E-state index is -1.04. The van der Waals surface area contributed by atoms with E-state index < -0.39 is 11.9 Å². The molecule has 40 heavy (non-hydrogen) atoms. The summed E-state index contributed by atoms with van der Waals surface area (Å²) in [6.07, 6.45) is 3.31. The quantitative estimate of drug-likeness (QED) is 0.177. The summed E-state index contributed by atoms with van der Waals surface area (Å²) in [4.78, 5) is 24.3. The van der Waals surface area contributed by atoms with Crippen molar-refractivity contribution in [1.29, 1.82) is 0 Å². The summed E-state index contributed by atoms with van der Waals surface area (Å²) in [5, 5.41) is 9.18. The predicted molar refractivity (Wildman–Crippen MR) is 163 cm³/mol. The van der Waals surface area contributed by atoms with E-state index >= 15 is 0 Å². The van der Waals surface area contributed by atoms with Crippen LogP contribution in [0.2, 0.25) is 0 Å². The Morgan fingerprint density at radius 1 is 0.675 bits per heavy atom. The van der Waals surface area contributed by atoms with E-state index in [1.54, 1.807) is 0 Å². The fraction of sp³-hybridized carbons (Fsp3) is 0.333. The summed E-state index contributed by atoms with van der Waals surface area (Å²) >= 11 is 0. The maximum Gasteiger partial charge on any atom is 0.343 e. The number of allylic oxidation sites excluding steroid dienone is 3. The molecule has 0 saturated heterocycles. The standard InChI is InChI=1S/C36H42O4/c1-24(21-26-9-17-30(18-10-26)35(3,4)5)22-32(40-34(39)29-15-13-28(14-16-29)33(37)38)25(2)23-27-11-19-31(20-12-27)36(6,7)8/h9-20,22H,21,23H2,1-8H3,(H,37,38). The van der Waals surface area contributed by atoms with Gasteiger partial charge in [0.15, 0.2) is 0 Å². The molecule has 0 spiro atoms. The number of benzene rings is 3. The first-order chi connectivity index (χ1) is 18.6. The maximum absolute atomic E-state index is 13.1. The summed E-state index contributed by atoms with van der Waals surface area (Å²) in [5.74, 6) is -1.05. The number of hydrogen-bond acceptors (Lipinski definition) is 3. The highest BCUT2D eigenvalue weighted by Gasteiger charge is 2.16. The molecule has 0 aromatic heterocycles. The van der Waals surface area contributed by atoms with Crippen LogP contribution in [0, 0.1) is 0 Å². The molecule has 0 amide bonds. The summed E-state index contributed by atoms with van der Waals surface area (Å²) in [7, 11) is 0. The van der Waals surface area contributed by atoms with Gasteiger partial charge in [0.2, 0.25) is 0 Å². The Hall–Kier alpha value is -3.92. The number of carboxylic acid groups (broad SMARTS) is 1. The molecule has 0 atom stereocenters. The van der Waals surface area contributed by atoms with Gasteiger partial charge in [-0.25, -0.2) is 9.59 Å². The zero-order chi connectivity index (χ0) is 29.7. The van der Waals surface area contributed by atoms with Crippen LogP contribution in [0.15, 0.2) is 95.8 Å². The second-order valence-corrected chi connectivity index (χ2v) is 12.7. The van der Waals surface area contributed by atoms with Gasteiger partial charge in [0.05, 0.1) is 11.1 Å². The normalized spacial score (nSPS) is 13.1. The van der Waals surface area contributed by atoms with Gasteiger partial charge in [-0.3, -0.25) is 0 Å². The third kappa shape index (κ3) is 8.54. The zero-order valence-electron chi connectivity index (χ0n) is 25.1. The number of carbonyl (C=O) groups excluding carboxylic acids is 1. The Kier molecular flexibility index (Phi) is 9.57. The fourth-order valence-corrected chi connectivity index (χ4v) is 4.38. The Morgan fingerprint density at radius 2 is 1.10 bits per heavy atom. The molecule has 4 nitrogen and oxygen atoms in total. The predicted octanol–water partition coefficient (Wildman–Crippen LogP) is 8.84. The van der Waals surface area contributed by atoms with Crippen molar-refractivity contribution in [3.05, 3.63) is 129 Å². The van der Waals surface area contributed by atoms with Crippen LogP contribution in [0.3, 0.4) is 0 Å². The first-order valence-corrected chi connectivity index (χ1v) is 13.7.